The maximum atomic E-state index is 10.3. The molecular formula is C7H12O5. The van der Waals surface area contributed by atoms with Crippen LogP contribution in [0.2, 0.25) is 0 Å². The highest BCUT2D eigenvalue weighted by atomic mass is 16.5. The van der Waals surface area contributed by atoms with Crippen LogP contribution in [0.25, 0.3) is 0 Å². The number of ether oxygens (including phenoxy) is 1. The van der Waals surface area contributed by atoms with Crippen LogP contribution < -0.4 is 0 Å². The van der Waals surface area contributed by atoms with E-state index in [0.29, 0.717) is 6.42 Å². The fourth-order valence-electron chi connectivity index (χ4n) is 0.781. The van der Waals surface area contributed by atoms with Crippen molar-refractivity contribution in [2.45, 2.75) is 25.4 Å². The van der Waals surface area contributed by atoms with Crippen LogP contribution in [0.15, 0.2) is 0 Å². The van der Waals surface area contributed by atoms with Gasteiger partial charge < -0.3 is 14.9 Å². The number of carbonyl (C=O) groups is 2. The number of rotatable bonds is 6. The van der Waals surface area contributed by atoms with Crippen LogP contribution in [0.4, 0.5) is 0 Å². The highest BCUT2D eigenvalue weighted by molar-refractivity contribution is 5.72. The Hall–Kier alpha value is -1.10. The molecule has 0 radical (unpaired) electrons. The van der Waals surface area contributed by atoms with Gasteiger partial charge >= 0.3 is 11.9 Å². The number of aliphatic carboxylic acids is 2. The standard InChI is InChI=1S/C7H12O5/c1-12-5(7(10)11)3-2-4-6(8)9/h5H,2-4H2,1H3,(H,8,9)(H,10,11). The zero-order valence-electron chi connectivity index (χ0n) is 6.82. The summed E-state index contributed by atoms with van der Waals surface area (Å²) in [6.45, 7) is 0. The maximum Gasteiger partial charge on any atom is 0.332 e. The normalized spacial score (nSPS) is 12.4. The van der Waals surface area contributed by atoms with Gasteiger partial charge in [-0.2, -0.15) is 0 Å². The highest BCUT2D eigenvalue weighted by Crippen LogP contribution is 2.04. The number of methoxy groups -OCH3 is 1. The second kappa shape index (κ2) is 5.54. The van der Waals surface area contributed by atoms with Crippen molar-refractivity contribution >= 4 is 11.9 Å². The Kier molecular flexibility index (Phi) is 5.03. The molecule has 0 spiro atoms. The van der Waals surface area contributed by atoms with Crippen molar-refractivity contribution < 1.29 is 24.5 Å². The molecule has 0 saturated heterocycles. The first-order valence-corrected chi connectivity index (χ1v) is 3.55. The van der Waals surface area contributed by atoms with Gasteiger partial charge in [-0.3, -0.25) is 4.79 Å². The molecule has 0 aliphatic heterocycles. The first-order valence-electron chi connectivity index (χ1n) is 3.55. The minimum Gasteiger partial charge on any atom is -0.481 e. The van der Waals surface area contributed by atoms with E-state index < -0.39 is 18.0 Å². The first kappa shape index (κ1) is 10.9. The number of hydrogen-bond acceptors (Lipinski definition) is 3. The van der Waals surface area contributed by atoms with E-state index in [1.54, 1.807) is 0 Å². The summed E-state index contributed by atoms with van der Waals surface area (Å²) in [6, 6.07) is 0. The van der Waals surface area contributed by atoms with E-state index in [-0.39, 0.29) is 12.8 Å². The molecule has 0 aromatic heterocycles. The van der Waals surface area contributed by atoms with Crippen molar-refractivity contribution in [2.24, 2.45) is 0 Å². The molecule has 0 fully saturated rings. The zero-order chi connectivity index (χ0) is 9.56. The fourth-order valence-corrected chi connectivity index (χ4v) is 0.781. The van der Waals surface area contributed by atoms with Crippen molar-refractivity contribution in [2.75, 3.05) is 7.11 Å². The Morgan fingerprint density at radius 3 is 2.33 bits per heavy atom. The fraction of sp³-hybridized carbons (Fsp3) is 0.714. The van der Waals surface area contributed by atoms with Crippen molar-refractivity contribution in [3.63, 3.8) is 0 Å². The Labute approximate surface area is 70.0 Å². The molecule has 1 unspecified atom stereocenters. The van der Waals surface area contributed by atoms with Gasteiger partial charge in [0.15, 0.2) is 6.10 Å². The quantitative estimate of drug-likeness (QED) is 0.609. The molecule has 5 heteroatoms. The van der Waals surface area contributed by atoms with Gasteiger partial charge in [-0.15, -0.1) is 0 Å². The second-order valence-electron chi connectivity index (χ2n) is 2.35. The lowest BCUT2D eigenvalue weighted by Gasteiger charge is -2.08. The lowest BCUT2D eigenvalue weighted by Crippen LogP contribution is -2.22. The number of hydrogen-bond donors (Lipinski definition) is 2. The van der Waals surface area contributed by atoms with E-state index in [9.17, 15) is 9.59 Å². The summed E-state index contributed by atoms with van der Waals surface area (Å²) in [4.78, 5) is 20.4. The van der Waals surface area contributed by atoms with Crippen LogP contribution in [0.1, 0.15) is 19.3 Å². The van der Waals surface area contributed by atoms with E-state index in [0.717, 1.165) is 0 Å². The Morgan fingerprint density at radius 2 is 2.00 bits per heavy atom. The smallest absolute Gasteiger partial charge is 0.332 e. The monoisotopic (exact) mass is 176 g/mol. The summed E-state index contributed by atoms with van der Waals surface area (Å²) in [5.41, 5.74) is 0. The summed E-state index contributed by atoms with van der Waals surface area (Å²) in [6.07, 6.45) is -0.352. The molecule has 0 rings (SSSR count). The molecule has 0 heterocycles. The van der Waals surface area contributed by atoms with Gasteiger partial charge in [0.25, 0.3) is 0 Å². The third-order valence-electron chi connectivity index (χ3n) is 1.42. The molecule has 0 aromatic rings. The van der Waals surface area contributed by atoms with Gasteiger partial charge in [0, 0.05) is 13.5 Å². The topological polar surface area (TPSA) is 83.8 Å². The molecular weight excluding hydrogens is 164 g/mol. The molecule has 0 saturated carbocycles. The SMILES string of the molecule is COC(CCCC(=O)O)C(=O)O. The van der Waals surface area contributed by atoms with E-state index in [2.05, 4.69) is 4.74 Å². The Morgan fingerprint density at radius 1 is 1.42 bits per heavy atom. The van der Waals surface area contributed by atoms with Crippen LogP contribution in [0, 0.1) is 0 Å². The predicted octanol–water partition coefficient (Wildman–Crippen LogP) is 0.341. The van der Waals surface area contributed by atoms with Crippen LogP contribution in [-0.2, 0) is 14.3 Å². The molecule has 5 nitrogen and oxygen atoms in total. The summed E-state index contributed by atoms with van der Waals surface area (Å²) >= 11 is 0. The molecule has 0 bridgehead atoms. The second-order valence-corrected chi connectivity index (χ2v) is 2.35. The highest BCUT2D eigenvalue weighted by Gasteiger charge is 2.15. The predicted molar refractivity (Wildman–Crippen MR) is 39.9 cm³/mol. The van der Waals surface area contributed by atoms with Gasteiger partial charge in [-0.1, -0.05) is 0 Å². The van der Waals surface area contributed by atoms with Gasteiger partial charge in [0.1, 0.15) is 0 Å². The number of carboxylic acid groups (broad SMARTS) is 2. The molecule has 1 atom stereocenters. The lowest BCUT2D eigenvalue weighted by molar-refractivity contribution is -0.149. The summed E-state index contributed by atoms with van der Waals surface area (Å²) in [5, 5.41) is 16.7. The minimum atomic E-state index is -1.05. The third-order valence-corrected chi connectivity index (χ3v) is 1.42. The van der Waals surface area contributed by atoms with E-state index in [1.807, 2.05) is 0 Å². The summed E-state index contributed by atoms with van der Waals surface area (Å²) < 4.78 is 4.60. The minimum absolute atomic E-state index is 0.0207. The van der Waals surface area contributed by atoms with Gasteiger partial charge in [0.05, 0.1) is 0 Å². The average molecular weight is 176 g/mol. The molecule has 0 aliphatic carbocycles. The Balaban J connectivity index is 3.59. The molecule has 2 N–H and O–H groups in total. The average Bonchev–Trinajstić information content (AvgIpc) is 1.96. The molecule has 0 aliphatic rings. The van der Waals surface area contributed by atoms with Gasteiger partial charge in [0.2, 0.25) is 0 Å². The third kappa shape index (κ3) is 4.68. The first-order chi connectivity index (χ1) is 5.57. The van der Waals surface area contributed by atoms with Crippen LogP contribution >= 0.6 is 0 Å². The zero-order valence-corrected chi connectivity index (χ0v) is 6.82. The van der Waals surface area contributed by atoms with Gasteiger partial charge in [-0.05, 0) is 12.8 Å². The molecule has 12 heavy (non-hydrogen) atoms. The van der Waals surface area contributed by atoms with E-state index >= 15 is 0 Å². The van der Waals surface area contributed by atoms with Crippen LogP contribution in [0.3, 0.4) is 0 Å². The van der Waals surface area contributed by atoms with Crippen molar-refractivity contribution in [3.8, 4) is 0 Å². The summed E-state index contributed by atoms with van der Waals surface area (Å²) in [7, 11) is 1.29. The summed E-state index contributed by atoms with van der Waals surface area (Å²) in [5.74, 6) is -1.97. The Bertz CT molecular complexity index is 165. The van der Waals surface area contributed by atoms with Crippen molar-refractivity contribution in [1.29, 1.82) is 0 Å². The van der Waals surface area contributed by atoms with E-state index in [4.69, 9.17) is 10.2 Å². The van der Waals surface area contributed by atoms with Crippen molar-refractivity contribution in [1.82, 2.24) is 0 Å². The molecule has 70 valence electrons. The van der Waals surface area contributed by atoms with Gasteiger partial charge in [-0.25, -0.2) is 4.79 Å². The lowest BCUT2D eigenvalue weighted by atomic mass is 10.1. The molecule has 0 amide bonds. The largest absolute Gasteiger partial charge is 0.481 e. The maximum absolute atomic E-state index is 10.3. The van der Waals surface area contributed by atoms with Crippen LogP contribution in [-0.4, -0.2) is 35.4 Å². The van der Waals surface area contributed by atoms with Crippen molar-refractivity contribution in [3.05, 3.63) is 0 Å². The van der Waals surface area contributed by atoms with Crippen LogP contribution in [0.5, 0.6) is 0 Å². The van der Waals surface area contributed by atoms with E-state index in [1.165, 1.54) is 7.11 Å². The number of carboxylic acids is 2. The molecule has 0 aromatic carbocycles.